The molecule has 1 amide bonds. The number of nitrogens with zero attached hydrogens (tertiary/aromatic N) is 1. The molecule has 4 nitrogen and oxygen atoms in total. The van der Waals surface area contributed by atoms with Gasteiger partial charge in [-0.25, -0.2) is 0 Å². The quantitative estimate of drug-likeness (QED) is 0.855. The molecule has 0 bridgehead atoms. The second-order valence-corrected chi connectivity index (χ2v) is 5.59. The second kappa shape index (κ2) is 4.60. The summed E-state index contributed by atoms with van der Waals surface area (Å²) in [6, 6.07) is 3.61. The number of hydrogen-bond donors (Lipinski definition) is 0. The number of hydrogen-bond acceptors (Lipinski definition) is 3. The zero-order chi connectivity index (χ0) is 13.6. The monoisotopic (exact) mass is 281 g/mol. The van der Waals surface area contributed by atoms with E-state index in [1.54, 1.807) is 17.0 Å². The number of fused-ring (bicyclic) bond motifs is 1. The fraction of sp³-hybridized carbons (Fsp3) is 0.500. The minimum Gasteiger partial charge on any atom is -0.454 e. The Morgan fingerprint density at radius 2 is 2.16 bits per heavy atom. The SMILES string of the molecule is C[C@@H](C1CC1)N(C)C(=O)c1cc(Cl)c2c(c1)OCO2. The third-order valence-electron chi connectivity index (χ3n) is 3.91. The summed E-state index contributed by atoms with van der Waals surface area (Å²) in [5.74, 6) is 1.68. The van der Waals surface area contributed by atoms with Crippen molar-refractivity contribution in [3.05, 3.63) is 22.7 Å². The van der Waals surface area contributed by atoms with Crippen molar-refractivity contribution < 1.29 is 14.3 Å². The van der Waals surface area contributed by atoms with Gasteiger partial charge in [-0.1, -0.05) is 11.6 Å². The van der Waals surface area contributed by atoms with E-state index in [2.05, 4.69) is 6.92 Å². The second-order valence-electron chi connectivity index (χ2n) is 5.19. The van der Waals surface area contributed by atoms with Gasteiger partial charge in [-0.05, 0) is 37.8 Å². The summed E-state index contributed by atoms with van der Waals surface area (Å²) in [7, 11) is 1.84. The lowest BCUT2D eigenvalue weighted by Gasteiger charge is -2.25. The molecule has 1 aliphatic carbocycles. The standard InChI is InChI=1S/C14H16ClNO3/c1-8(9-3-4-9)16(2)14(17)10-5-11(15)13-12(6-10)18-7-19-13/h5-6,8-9H,3-4,7H2,1-2H3/t8-/m0/s1. The van der Waals surface area contributed by atoms with Crippen LogP contribution in [0.1, 0.15) is 30.1 Å². The third-order valence-corrected chi connectivity index (χ3v) is 4.19. The van der Waals surface area contributed by atoms with E-state index < -0.39 is 0 Å². The van der Waals surface area contributed by atoms with Crippen LogP contribution in [-0.4, -0.2) is 30.7 Å². The lowest BCUT2D eigenvalue weighted by molar-refractivity contribution is 0.0727. The molecule has 0 aromatic heterocycles. The predicted molar refractivity (Wildman–Crippen MR) is 71.9 cm³/mol. The minimum absolute atomic E-state index is 0.0281. The fourth-order valence-electron chi connectivity index (χ4n) is 2.37. The zero-order valence-electron chi connectivity index (χ0n) is 11.0. The van der Waals surface area contributed by atoms with E-state index in [0.29, 0.717) is 28.0 Å². The molecule has 1 saturated carbocycles. The van der Waals surface area contributed by atoms with Crippen molar-refractivity contribution in [2.45, 2.75) is 25.8 Å². The van der Waals surface area contributed by atoms with Crippen LogP contribution >= 0.6 is 11.6 Å². The lowest BCUT2D eigenvalue weighted by Crippen LogP contribution is -2.36. The van der Waals surface area contributed by atoms with Gasteiger partial charge in [0.05, 0.1) is 5.02 Å². The van der Waals surface area contributed by atoms with E-state index in [4.69, 9.17) is 21.1 Å². The van der Waals surface area contributed by atoms with Crippen molar-refractivity contribution in [3.63, 3.8) is 0 Å². The summed E-state index contributed by atoms with van der Waals surface area (Å²) >= 11 is 6.10. The first-order valence-electron chi connectivity index (χ1n) is 6.44. The highest BCUT2D eigenvalue weighted by molar-refractivity contribution is 6.32. The van der Waals surface area contributed by atoms with Gasteiger partial charge in [-0.15, -0.1) is 0 Å². The molecule has 1 aromatic carbocycles. The van der Waals surface area contributed by atoms with Crippen LogP contribution < -0.4 is 9.47 Å². The molecule has 0 N–H and O–H groups in total. The number of rotatable bonds is 3. The summed E-state index contributed by atoms with van der Waals surface area (Å²) < 4.78 is 10.5. The lowest BCUT2D eigenvalue weighted by atomic mass is 10.1. The van der Waals surface area contributed by atoms with Gasteiger partial charge in [0.1, 0.15) is 0 Å². The molecule has 1 atom stereocenters. The molecule has 1 heterocycles. The Balaban J connectivity index is 1.85. The van der Waals surface area contributed by atoms with Crippen molar-refractivity contribution >= 4 is 17.5 Å². The topological polar surface area (TPSA) is 38.8 Å². The van der Waals surface area contributed by atoms with Crippen molar-refractivity contribution in [3.8, 4) is 11.5 Å². The summed E-state index contributed by atoms with van der Waals surface area (Å²) in [4.78, 5) is 14.2. The van der Waals surface area contributed by atoms with E-state index in [-0.39, 0.29) is 18.7 Å². The van der Waals surface area contributed by atoms with Crippen LogP contribution in [0.5, 0.6) is 11.5 Å². The van der Waals surface area contributed by atoms with E-state index in [1.807, 2.05) is 7.05 Å². The van der Waals surface area contributed by atoms with Gasteiger partial charge in [0, 0.05) is 18.7 Å². The van der Waals surface area contributed by atoms with Gasteiger partial charge in [0.25, 0.3) is 5.91 Å². The molecule has 0 unspecified atom stereocenters. The van der Waals surface area contributed by atoms with Crippen molar-refractivity contribution in [1.82, 2.24) is 4.90 Å². The smallest absolute Gasteiger partial charge is 0.254 e. The van der Waals surface area contributed by atoms with E-state index in [1.165, 1.54) is 12.8 Å². The third kappa shape index (κ3) is 2.25. The maximum absolute atomic E-state index is 12.4. The van der Waals surface area contributed by atoms with Crippen molar-refractivity contribution in [1.29, 1.82) is 0 Å². The molecule has 5 heteroatoms. The minimum atomic E-state index is -0.0281. The number of amides is 1. The Hall–Kier alpha value is -1.42. The first-order chi connectivity index (χ1) is 9.08. The van der Waals surface area contributed by atoms with Crippen molar-refractivity contribution in [2.75, 3.05) is 13.8 Å². The van der Waals surface area contributed by atoms with Gasteiger partial charge in [0.15, 0.2) is 11.5 Å². The molecule has 0 saturated heterocycles. The Labute approximate surface area is 117 Å². The molecular weight excluding hydrogens is 266 g/mol. The van der Waals surface area contributed by atoms with Crippen LogP contribution in [0.2, 0.25) is 5.02 Å². The number of carbonyl (C=O) groups is 1. The molecule has 19 heavy (non-hydrogen) atoms. The van der Waals surface area contributed by atoms with Crippen LogP contribution in [-0.2, 0) is 0 Å². The summed E-state index contributed by atoms with van der Waals surface area (Å²) in [5, 5.41) is 0.422. The fourth-order valence-corrected chi connectivity index (χ4v) is 2.64. The summed E-state index contributed by atoms with van der Waals surface area (Å²) in [6.07, 6.45) is 2.42. The highest BCUT2D eigenvalue weighted by Crippen LogP contribution is 2.40. The van der Waals surface area contributed by atoms with Crippen LogP contribution in [0.4, 0.5) is 0 Å². The maximum Gasteiger partial charge on any atom is 0.254 e. The van der Waals surface area contributed by atoms with Crippen LogP contribution in [0.3, 0.4) is 0 Å². The van der Waals surface area contributed by atoms with Gasteiger partial charge in [0.2, 0.25) is 6.79 Å². The van der Waals surface area contributed by atoms with Gasteiger partial charge < -0.3 is 14.4 Å². The molecular formula is C14H16ClNO3. The van der Waals surface area contributed by atoms with Crippen LogP contribution in [0.15, 0.2) is 12.1 Å². The first-order valence-corrected chi connectivity index (χ1v) is 6.82. The Kier molecular flexibility index (Phi) is 3.05. The number of halogens is 1. The Morgan fingerprint density at radius 3 is 2.84 bits per heavy atom. The average molecular weight is 282 g/mol. The Morgan fingerprint density at radius 1 is 1.42 bits per heavy atom. The molecule has 1 aromatic rings. The highest BCUT2D eigenvalue weighted by Gasteiger charge is 2.33. The number of benzene rings is 1. The highest BCUT2D eigenvalue weighted by atomic mass is 35.5. The van der Waals surface area contributed by atoms with Gasteiger partial charge in [-0.2, -0.15) is 0 Å². The van der Waals surface area contributed by atoms with Gasteiger partial charge >= 0.3 is 0 Å². The van der Waals surface area contributed by atoms with Crippen LogP contribution in [0.25, 0.3) is 0 Å². The normalized spacial score (nSPS) is 18.3. The largest absolute Gasteiger partial charge is 0.454 e. The maximum atomic E-state index is 12.4. The van der Waals surface area contributed by atoms with Crippen LogP contribution in [0, 0.1) is 5.92 Å². The summed E-state index contributed by atoms with van der Waals surface area (Å²) in [6.45, 7) is 2.24. The predicted octanol–water partition coefficient (Wildman–Crippen LogP) is 2.94. The molecule has 2 aliphatic rings. The van der Waals surface area contributed by atoms with E-state index in [0.717, 1.165) is 0 Å². The number of ether oxygens (including phenoxy) is 2. The molecule has 1 fully saturated rings. The molecule has 102 valence electrons. The number of carbonyl (C=O) groups excluding carboxylic acids is 1. The van der Waals surface area contributed by atoms with Gasteiger partial charge in [-0.3, -0.25) is 4.79 Å². The Bertz CT molecular complexity index is 528. The molecule has 0 radical (unpaired) electrons. The first kappa shape index (κ1) is 12.6. The van der Waals surface area contributed by atoms with Crippen molar-refractivity contribution in [2.24, 2.45) is 5.92 Å². The molecule has 1 aliphatic heterocycles. The summed E-state index contributed by atoms with van der Waals surface area (Å²) in [5.41, 5.74) is 0.546. The average Bonchev–Trinajstić information content (AvgIpc) is 3.14. The molecule has 3 rings (SSSR count). The van der Waals surface area contributed by atoms with E-state index >= 15 is 0 Å². The van der Waals surface area contributed by atoms with E-state index in [9.17, 15) is 4.79 Å². The molecule has 0 spiro atoms. The zero-order valence-corrected chi connectivity index (χ0v) is 11.7.